The predicted octanol–water partition coefficient (Wildman–Crippen LogP) is 3.41. The van der Waals surface area contributed by atoms with Crippen LogP contribution in [0.3, 0.4) is 0 Å². The fourth-order valence-corrected chi connectivity index (χ4v) is 4.36. The summed E-state index contributed by atoms with van der Waals surface area (Å²) in [5.74, 6) is -0.221. The molecule has 1 aromatic heterocycles. The third kappa shape index (κ3) is 4.54. The van der Waals surface area contributed by atoms with E-state index in [-0.39, 0.29) is 17.1 Å². The lowest BCUT2D eigenvalue weighted by Gasteiger charge is -2.21. The zero-order chi connectivity index (χ0) is 14.6. The van der Waals surface area contributed by atoms with Gasteiger partial charge in [0.05, 0.1) is 11.5 Å². The summed E-state index contributed by atoms with van der Waals surface area (Å²) in [5, 5.41) is 0. The highest BCUT2D eigenvalue weighted by atomic mass is 32.2. The van der Waals surface area contributed by atoms with Gasteiger partial charge < -0.3 is 0 Å². The number of hydrogen-bond acceptors (Lipinski definition) is 3. The third-order valence-corrected chi connectivity index (χ3v) is 5.59. The minimum Gasteiger partial charge on any atom is -0.228 e. The summed E-state index contributed by atoms with van der Waals surface area (Å²) in [6.45, 7) is 1.78. The second-order valence-electron chi connectivity index (χ2n) is 5.85. The second-order valence-corrected chi connectivity index (χ2v) is 8.03. The van der Waals surface area contributed by atoms with Crippen molar-refractivity contribution < 1.29 is 12.8 Å². The molecule has 1 fully saturated rings. The third-order valence-electron chi connectivity index (χ3n) is 3.99. The summed E-state index contributed by atoms with van der Waals surface area (Å²) in [5.41, 5.74) is 0.970. The lowest BCUT2D eigenvalue weighted by atomic mass is 9.88. The standard InChI is InChI=1S/C15H22FNO2S/c1-12-9-14(15(16)17-10-12)11-20(18,19)8-7-13-5-3-2-4-6-13/h9-10,13H,2-8,11H2,1H3. The molecule has 1 aromatic rings. The fraction of sp³-hybridized carbons (Fsp3) is 0.667. The normalized spacial score (nSPS) is 17.3. The van der Waals surface area contributed by atoms with Crippen molar-refractivity contribution >= 4 is 9.84 Å². The first-order valence-electron chi connectivity index (χ1n) is 7.28. The van der Waals surface area contributed by atoms with Gasteiger partial charge in [-0.3, -0.25) is 0 Å². The van der Waals surface area contributed by atoms with E-state index in [9.17, 15) is 12.8 Å². The van der Waals surface area contributed by atoms with E-state index in [1.165, 1.54) is 25.5 Å². The van der Waals surface area contributed by atoms with Crippen molar-refractivity contribution in [3.05, 3.63) is 29.3 Å². The van der Waals surface area contributed by atoms with Crippen LogP contribution in [0, 0.1) is 18.8 Å². The Hall–Kier alpha value is -0.970. The topological polar surface area (TPSA) is 47.0 Å². The van der Waals surface area contributed by atoms with Gasteiger partial charge in [0.1, 0.15) is 0 Å². The molecular formula is C15H22FNO2S. The lowest BCUT2D eigenvalue weighted by molar-refractivity contribution is 0.350. The number of sulfone groups is 1. The van der Waals surface area contributed by atoms with Crippen LogP contribution in [0.2, 0.25) is 0 Å². The van der Waals surface area contributed by atoms with Crippen LogP contribution in [0.4, 0.5) is 4.39 Å². The molecule has 0 unspecified atom stereocenters. The largest absolute Gasteiger partial charge is 0.228 e. The van der Waals surface area contributed by atoms with Crippen LogP contribution in [0.5, 0.6) is 0 Å². The van der Waals surface area contributed by atoms with Crippen molar-refractivity contribution in [2.45, 2.75) is 51.2 Å². The van der Waals surface area contributed by atoms with E-state index in [0.29, 0.717) is 12.3 Å². The molecule has 0 saturated heterocycles. The Labute approximate surface area is 120 Å². The average Bonchev–Trinajstić information content (AvgIpc) is 2.42. The number of rotatable bonds is 5. The molecule has 1 aliphatic carbocycles. The molecular weight excluding hydrogens is 277 g/mol. The molecule has 0 amide bonds. The minimum absolute atomic E-state index is 0.158. The highest BCUT2D eigenvalue weighted by Crippen LogP contribution is 2.27. The highest BCUT2D eigenvalue weighted by Gasteiger charge is 2.20. The van der Waals surface area contributed by atoms with E-state index in [1.807, 2.05) is 0 Å². The molecule has 0 radical (unpaired) electrons. The quantitative estimate of drug-likeness (QED) is 0.783. The Morgan fingerprint density at radius 3 is 2.70 bits per heavy atom. The van der Waals surface area contributed by atoms with Crippen LogP contribution in [0.15, 0.2) is 12.3 Å². The van der Waals surface area contributed by atoms with E-state index >= 15 is 0 Å². The number of nitrogens with zero attached hydrogens (tertiary/aromatic N) is 1. The van der Waals surface area contributed by atoms with Gasteiger partial charge in [0.2, 0.25) is 5.95 Å². The van der Waals surface area contributed by atoms with Crippen LogP contribution >= 0.6 is 0 Å². The first-order chi connectivity index (χ1) is 9.46. The molecule has 0 bridgehead atoms. The van der Waals surface area contributed by atoms with Crippen LogP contribution in [0.25, 0.3) is 0 Å². The van der Waals surface area contributed by atoms with Crippen molar-refractivity contribution in [1.82, 2.24) is 4.98 Å². The van der Waals surface area contributed by atoms with E-state index in [4.69, 9.17) is 0 Å². The molecule has 5 heteroatoms. The van der Waals surface area contributed by atoms with Crippen LogP contribution in [-0.4, -0.2) is 19.2 Å². The van der Waals surface area contributed by atoms with Gasteiger partial charge in [0.15, 0.2) is 9.84 Å². The van der Waals surface area contributed by atoms with Crippen molar-refractivity contribution in [2.24, 2.45) is 5.92 Å². The van der Waals surface area contributed by atoms with Crippen molar-refractivity contribution in [3.63, 3.8) is 0 Å². The Bertz CT molecular complexity index is 551. The van der Waals surface area contributed by atoms with Gasteiger partial charge in [0, 0.05) is 11.8 Å². The summed E-state index contributed by atoms with van der Waals surface area (Å²) >= 11 is 0. The van der Waals surface area contributed by atoms with Gasteiger partial charge in [-0.15, -0.1) is 0 Å². The van der Waals surface area contributed by atoms with Gasteiger partial charge in [-0.1, -0.05) is 32.1 Å². The van der Waals surface area contributed by atoms with E-state index in [2.05, 4.69) is 4.98 Å². The van der Waals surface area contributed by atoms with Crippen LogP contribution in [0.1, 0.15) is 49.7 Å². The maximum atomic E-state index is 13.5. The average molecular weight is 299 g/mol. The van der Waals surface area contributed by atoms with Crippen LogP contribution < -0.4 is 0 Å². The van der Waals surface area contributed by atoms with E-state index in [1.54, 1.807) is 13.0 Å². The fourth-order valence-electron chi connectivity index (χ4n) is 2.85. The monoisotopic (exact) mass is 299 g/mol. The molecule has 2 rings (SSSR count). The smallest absolute Gasteiger partial charge is 0.217 e. The molecule has 0 atom stereocenters. The predicted molar refractivity (Wildman–Crippen MR) is 77.6 cm³/mol. The Morgan fingerprint density at radius 1 is 1.30 bits per heavy atom. The van der Waals surface area contributed by atoms with Gasteiger partial charge in [-0.25, -0.2) is 13.4 Å². The number of hydrogen-bond donors (Lipinski definition) is 0. The molecule has 3 nitrogen and oxygen atoms in total. The molecule has 0 spiro atoms. The van der Waals surface area contributed by atoms with E-state index in [0.717, 1.165) is 18.4 Å². The number of halogens is 1. The summed E-state index contributed by atoms with van der Waals surface area (Å²) < 4.78 is 37.7. The van der Waals surface area contributed by atoms with Gasteiger partial charge in [-0.05, 0) is 30.9 Å². The minimum atomic E-state index is -3.25. The highest BCUT2D eigenvalue weighted by molar-refractivity contribution is 7.90. The molecule has 0 aliphatic heterocycles. The number of pyridine rings is 1. The Balaban J connectivity index is 1.94. The van der Waals surface area contributed by atoms with Crippen LogP contribution in [-0.2, 0) is 15.6 Å². The molecule has 0 N–H and O–H groups in total. The zero-order valence-corrected chi connectivity index (χ0v) is 12.8. The summed E-state index contributed by atoms with van der Waals surface area (Å²) in [6.07, 6.45) is 8.08. The molecule has 112 valence electrons. The van der Waals surface area contributed by atoms with E-state index < -0.39 is 15.8 Å². The summed E-state index contributed by atoms with van der Waals surface area (Å²) in [7, 11) is -3.25. The van der Waals surface area contributed by atoms with Crippen molar-refractivity contribution in [3.8, 4) is 0 Å². The number of aromatic nitrogens is 1. The molecule has 0 aromatic carbocycles. The number of aryl methyl sites for hydroxylation is 1. The lowest BCUT2D eigenvalue weighted by Crippen LogP contribution is -2.16. The summed E-state index contributed by atoms with van der Waals surface area (Å²) in [6, 6.07) is 1.57. The molecule has 20 heavy (non-hydrogen) atoms. The van der Waals surface area contributed by atoms with Gasteiger partial charge in [-0.2, -0.15) is 4.39 Å². The molecule has 1 heterocycles. The first kappa shape index (κ1) is 15.4. The maximum Gasteiger partial charge on any atom is 0.217 e. The second kappa shape index (κ2) is 6.66. The first-order valence-corrected chi connectivity index (χ1v) is 9.10. The SMILES string of the molecule is Cc1cnc(F)c(CS(=O)(=O)CCC2CCCCC2)c1. The summed E-state index contributed by atoms with van der Waals surface area (Å²) in [4.78, 5) is 3.58. The van der Waals surface area contributed by atoms with Crippen molar-refractivity contribution in [1.29, 1.82) is 0 Å². The Morgan fingerprint density at radius 2 is 2.00 bits per heavy atom. The maximum absolute atomic E-state index is 13.5. The van der Waals surface area contributed by atoms with Gasteiger partial charge in [0.25, 0.3) is 0 Å². The zero-order valence-electron chi connectivity index (χ0n) is 11.9. The molecule has 1 aliphatic rings. The Kier molecular flexibility index (Phi) is 5.13. The van der Waals surface area contributed by atoms with Gasteiger partial charge >= 0.3 is 0 Å². The van der Waals surface area contributed by atoms with Crippen molar-refractivity contribution in [2.75, 3.05) is 5.75 Å². The molecule has 1 saturated carbocycles.